The van der Waals surface area contributed by atoms with E-state index in [4.69, 9.17) is 4.74 Å². The number of imidazole rings is 1. The summed E-state index contributed by atoms with van der Waals surface area (Å²) in [7, 11) is 3.36. The fourth-order valence-corrected chi connectivity index (χ4v) is 4.66. The Kier molecular flexibility index (Phi) is 5.08. The van der Waals surface area contributed by atoms with E-state index < -0.39 is 0 Å². The smallest absolute Gasteiger partial charge is 0.364 e. The molecule has 0 amide bonds. The van der Waals surface area contributed by atoms with E-state index in [9.17, 15) is 9.59 Å². The lowest BCUT2D eigenvalue weighted by Gasteiger charge is -2.26. The minimum Gasteiger partial charge on any atom is -0.497 e. The van der Waals surface area contributed by atoms with Gasteiger partial charge in [0.1, 0.15) is 11.4 Å². The number of hydrogen-bond donors (Lipinski definition) is 1. The second kappa shape index (κ2) is 7.95. The summed E-state index contributed by atoms with van der Waals surface area (Å²) in [6, 6.07) is 15.7. The molecule has 0 bridgehead atoms. The van der Waals surface area contributed by atoms with E-state index in [2.05, 4.69) is 16.8 Å². The van der Waals surface area contributed by atoms with Gasteiger partial charge in [0.2, 0.25) is 11.2 Å². The van der Waals surface area contributed by atoms with Crippen molar-refractivity contribution in [2.75, 3.05) is 18.6 Å². The lowest BCUT2D eigenvalue weighted by Crippen LogP contribution is -2.52. The van der Waals surface area contributed by atoms with Gasteiger partial charge in [-0.25, -0.2) is 19.2 Å². The molecule has 1 atom stereocenters. The lowest BCUT2D eigenvalue weighted by atomic mass is 10.1. The summed E-state index contributed by atoms with van der Waals surface area (Å²) in [5, 5.41) is 0. The molecule has 2 aromatic carbocycles. The van der Waals surface area contributed by atoms with Crippen LogP contribution in [0.5, 0.6) is 5.75 Å². The van der Waals surface area contributed by atoms with Gasteiger partial charge in [-0.1, -0.05) is 31.2 Å². The Morgan fingerprint density at radius 1 is 1.12 bits per heavy atom. The summed E-state index contributed by atoms with van der Waals surface area (Å²) >= 11 is 0. The second-order valence-electron chi connectivity index (χ2n) is 8.83. The number of hydrogen-bond acceptors (Lipinski definition) is 4. The Bertz CT molecular complexity index is 1460. The fourth-order valence-electron chi connectivity index (χ4n) is 4.66. The SMILES string of the molecule is COc1ccc(N2C[C@@H](C)C[n+]3c2[nH]c2c3c(=O)n(Cc3ccccc3C)c(=O)n2C)cc1. The lowest BCUT2D eigenvalue weighted by molar-refractivity contribution is -0.669. The first-order chi connectivity index (χ1) is 15.9. The Hall–Kier alpha value is -3.81. The van der Waals surface area contributed by atoms with Crippen LogP contribution >= 0.6 is 0 Å². The maximum Gasteiger partial charge on any atom is 0.364 e. The normalized spacial score (nSPS) is 15.6. The second-order valence-corrected chi connectivity index (χ2v) is 8.83. The molecule has 8 nitrogen and oxygen atoms in total. The number of anilines is 2. The maximum absolute atomic E-state index is 13.7. The molecule has 0 fully saturated rings. The monoisotopic (exact) mass is 446 g/mol. The molecule has 1 aliphatic rings. The molecular formula is C25H28N5O3+. The summed E-state index contributed by atoms with van der Waals surface area (Å²) in [5.74, 6) is 1.90. The molecule has 1 N–H and O–H groups in total. The maximum atomic E-state index is 13.7. The summed E-state index contributed by atoms with van der Waals surface area (Å²) in [6.45, 7) is 5.89. The predicted octanol–water partition coefficient (Wildman–Crippen LogP) is 2.47. The minimum absolute atomic E-state index is 0.242. The highest BCUT2D eigenvalue weighted by atomic mass is 16.5. The van der Waals surface area contributed by atoms with Gasteiger partial charge < -0.3 is 4.74 Å². The number of methoxy groups -OCH3 is 1. The van der Waals surface area contributed by atoms with Gasteiger partial charge in [-0.05, 0) is 42.3 Å². The number of H-pyrrole nitrogens is 1. The number of aryl methyl sites for hydroxylation is 2. The number of ether oxygens (including phenoxy) is 1. The average Bonchev–Trinajstić information content (AvgIpc) is 3.20. The van der Waals surface area contributed by atoms with Crippen molar-refractivity contribution in [3.05, 3.63) is 80.5 Å². The van der Waals surface area contributed by atoms with Crippen LogP contribution in [0.25, 0.3) is 11.2 Å². The molecule has 0 saturated carbocycles. The van der Waals surface area contributed by atoms with Crippen LogP contribution in [0.15, 0.2) is 58.1 Å². The van der Waals surface area contributed by atoms with Gasteiger partial charge in [0.05, 0.1) is 26.7 Å². The fraction of sp³-hybridized carbons (Fsp3) is 0.320. The first-order valence-corrected chi connectivity index (χ1v) is 11.1. The zero-order valence-electron chi connectivity index (χ0n) is 19.3. The van der Waals surface area contributed by atoms with Crippen LogP contribution in [-0.4, -0.2) is 27.8 Å². The largest absolute Gasteiger partial charge is 0.497 e. The Morgan fingerprint density at radius 2 is 1.85 bits per heavy atom. The summed E-state index contributed by atoms with van der Waals surface area (Å²) < 4.78 is 10.2. The quantitative estimate of drug-likeness (QED) is 0.489. The van der Waals surface area contributed by atoms with Crippen molar-refractivity contribution in [3.8, 4) is 5.75 Å². The van der Waals surface area contributed by atoms with Crippen molar-refractivity contribution in [3.63, 3.8) is 0 Å². The van der Waals surface area contributed by atoms with Crippen LogP contribution in [0.4, 0.5) is 11.6 Å². The van der Waals surface area contributed by atoms with Crippen molar-refractivity contribution in [1.29, 1.82) is 0 Å². The van der Waals surface area contributed by atoms with E-state index in [1.165, 1.54) is 9.13 Å². The molecular weight excluding hydrogens is 418 g/mol. The number of benzene rings is 2. The average molecular weight is 447 g/mol. The van der Waals surface area contributed by atoms with Crippen LogP contribution in [0.1, 0.15) is 18.1 Å². The molecule has 170 valence electrons. The first kappa shape index (κ1) is 21.1. The van der Waals surface area contributed by atoms with Gasteiger partial charge in [-0.3, -0.25) is 13.9 Å². The van der Waals surface area contributed by atoms with Gasteiger partial charge in [-0.2, -0.15) is 0 Å². The minimum atomic E-state index is -0.334. The third-order valence-electron chi connectivity index (χ3n) is 6.50. The zero-order chi connectivity index (χ0) is 23.3. The molecule has 4 aromatic rings. The molecule has 5 rings (SSSR count). The molecule has 0 radical (unpaired) electrons. The van der Waals surface area contributed by atoms with Crippen molar-refractivity contribution in [1.82, 2.24) is 14.1 Å². The predicted molar refractivity (Wildman–Crippen MR) is 127 cm³/mol. The van der Waals surface area contributed by atoms with Crippen molar-refractivity contribution in [2.45, 2.75) is 26.9 Å². The van der Waals surface area contributed by atoms with Crippen LogP contribution in [0.3, 0.4) is 0 Å². The van der Waals surface area contributed by atoms with Crippen LogP contribution in [0.2, 0.25) is 0 Å². The molecule has 0 spiro atoms. The molecule has 0 aliphatic carbocycles. The Balaban J connectivity index is 1.70. The Morgan fingerprint density at radius 3 is 2.55 bits per heavy atom. The third kappa shape index (κ3) is 3.42. The highest BCUT2D eigenvalue weighted by Gasteiger charge is 2.36. The first-order valence-electron chi connectivity index (χ1n) is 11.1. The van der Waals surface area contributed by atoms with Crippen LogP contribution in [0, 0.1) is 12.8 Å². The number of aromatic amines is 1. The molecule has 0 saturated heterocycles. The van der Waals surface area contributed by atoms with Crippen molar-refractivity contribution < 1.29 is 9.30 Å². The molecule has 8 heteroatoms. The number of aromatic nitrogens is 4. The number of fused-ring (bicyclic) bond motifs is 3. The number of nitrogens with zero attached hydrogens (tertiary/aromatic N) is 4. The van der Waals surface area contributed by atoms with E-state index in [1.807, 2.05) is 60.0 Å². The van der Waals surface area contributed by atoms with Crippen molar-refractivity contribution in [2.24, 2.45) is 13.0 Å². The van der Waals surface area contributed by atoms with Crippen LogP contribution < -0.4 is 25.5 Å². The molecule has 0 unspecified atom stereocenters. The third-order valence-corrected chi connectivity index (χ3v) is 6.50. The van der Waals surface area contributed by atoms with E-state index >= 15 is 0 Å². The molecule has 33 heavy (non-hydrogen) atoms. The topological polar surface area (TPSA) is 76.1 Å². The van der Waals surface area contributed by atoms with Gasteiger partial charge in [-0.15, -0.1) is 0 Å². The van der Waals surface area contributed by atoms with E-state index in [1.54, 1.807) is 14.2 Å². The molecule has 3 heterocycles. The summed E-state index contributed by atoms with van der Waals surface area (Å²) in [4.78, 5) is 32.4. The Labute approximate surface area is 191 Å². The highest BCUT2D eigenvalue weighted by Crippen LogP contribution is 2.29. The number of nitrogens with one attached hydrogen (secondary N) is 1. The van der Waals surface area contributed by atoms with Crippen LogP contribution in [-0.2, 0) is 20.1 Å². The van der Waals surface area contributed by atoms with E-state index in [0.29, 0.717) is 23.6 Å². The van der Waals surface area contributed by atoms with Gasteiger partial charge in [0.15, 0.2) is 0 Å². The van der Waals surface area contributed by atoms with E-state index in [-0.39, 0.29) is 17.8 Å². The van der Waals surface area contributed by atoms with Gasteiger partial charge in [0, 0.05) is 13.0 Å². The zero-order valence-corrected chi connectivity index (χ0v) is 19.3. The molecule has 2 aromatic heterocycles. The standard InChI is InChI=1S/C25H27N5O3/c1-16-13-28(19-9-11-20(33-4)12-10-19)24-26-22-21(29(24)14-16)23(31)30(25(32)27(22)3)15-18-8-6-5-7-17(18)2/h5-12,16H,13-15H2,1-4H3/p+1/t16-/m1/s1. The summed E-state index contributed by atoms with van der Waals surface area (Å²) in [6.07, 6.45) is 0. The van der Waals surface area contributed by atoms with Gasteiger partial charge >= 0.3 is 11.6 Å². The van der Waals surface area contributed by atoms with Gasteiger partial charge in [0.25, 0.3) is 5.56 Å². The number of rotatable bonds is 4. The van der Waals surface area contributed by atoms with E-state index in [0.717, 1.165) is 35.1 Å². The van der Waals surface area contributed by atoms with Crippen molar-refractivity contribution >= 4 is 22.8 Å². The summed E-state index contributed by atoms with van der Waals surface area (Å²) in [5.41, 5.74) is 3.45. The highest BCUT2D eigenvalue weighted by molar-refractivity contribution is 5.70. The molecule has 1 aliphatic heterocycles.